The van der Waals surface area contributed by atoms with Crippen LogP contribution in [0.5, 0.6) is 11.5 Å². The maximum absolute atomic E-state index is 11.7. The summed E-state index contributed by atoms with van der Waals surface area (Å²) in [7, 11) is 1.48. The molecule has 8 nitrogen and oxygen atoms in total. The van der Waals surface area contributed by atoms with Gasteiger partial charge in [0.05, 0.1) is 25.7 Å². The fourth-order valence-corrected chi connectivity index (χ4v) is 1.95. The second kappa shape index (κ2) is 9.26. The molecule has 0 saturated carbocycles. The molecule has 1 amide bonds. The van der Waals surface area contributed by atoms with Gasteiger partial charge in [0.2, 0.25) is 0 Å². The van der Waals surface area contributed by atoms with E-state index in [9.17, 15) is 9.59 Å². The lowest BCUT2D eigenvalue weighted by Gasteiger charge is -2.12. The highest BCUT2D eigenvalue weighted by Gasteiger charge is 2.10. The molecule has 1 N–H and O–H groups in total. The highest BCUT2D eigenvalue weighted by Crippen LogP contribution is 2.27. The van der Waals surface area contributed by atoms with Crippen LogP contribution in [0.15, 0.2) is 46.1 Å². The molecule has 0 aliphatic heterocycles. The molecule has 0 fully saturated rings. The number of carbonyl (C=O) groups is 2. The summed E-state index contributed by atoms with van der Waals surface area (Å²) in [5.41, 5.74) is 3.01. The van der Waals surface area contributed by atoms with Gasteiger partial charge in [0.1, 0.15) is 0 Å². The van der Waals surface area contributed by atoms with Crippen molar-refractivity contribution in [1.29, 1.82) is 0 Å². The van der Waals surface area contributed by atoms with Gasteiger partial charge in [-0.2, -0.15) is 5.10 Å². The molecule has 0 aliphatic carbocycles. The van der Waals surface area contributed by atoms with Crippen molar-refractivity contribution in [2.24, 2.45) is 5.10 Å². The number of ether oxygens (including phenoxy) is 3. The molecule has 0 unspecified atom stereocenters. The minimum Gasteiger partial charge on any atom is -0.493 e. The summed E-state index contributed by atoms with van der Waals surface area (Å²) in [5.74, 6) is 0.0561. The van der Waals surface area contributed by atoms with Crippen LogP contribution >= 0.6 is 0 Å². The second-order valence-corrected chi connectivity index (χ2v) is 5.41. The zero-order chi connectivity index (χ0) is 18.9. The van der Waals surface area contributed by atoms with E-state index in [-0.39, 0.29) is 18.5 Å². The number of nitrogens with zero attached hydrogens (tertiary/aromatic N) is 1. The predicted molar refractivity (Wildman–Crippen MR) is 93.5 cm³/mol. The second-order valence-electron chi connectivity index (χ2n) is 5.41. The fraction of sp³-hybridized carbons (Fsp3) is 0.278. The van der Waals surface area contributed by atoms with Gasteiger partial charge in [0, 0.05) is 0 Å². The number of carbonyl (C=O) groups excluding carboxylic acids is 2. The summed E-state index contributed by atoms with van der Waals surface area (Å²) >= 11 is 0. The number of hydrazone groups is 1. The van der Waals surface area contributed by atoms with Gasteiger partial charge >= 0.3 is 11.9 Å². The third-order valence-corrected chi connectivity index (χ3v) is 3.03. The number of benzene rings is 1. The van der Waals surface area contributed by atoms with Crippen LogP contribution in [0, 0.1) is 0 Å². The maximum atomic E-state index is 11.7. The average molecular weight is 360 g/mol. The van der Waals surface area contributed by atoms with E-state index in [1.54, 1.807) is 38.1 Å². The Labute approximate surface area is 150 Å². The molecule has 0 saturated heterocycles. The first kappa shape index (κ1) is 19.0. The van der Waals surface area contributed by atoms with Crippen LogP contribution in [0.1, 0.15) is 30.0 Å². The lowest BCUT2D eigenvalue weighted by Crippen LogP contribution is -2.19. The summed E-state index contributed by atoms with van der Waals surface area (Å²) in [6, 6.07) is 8.14. The first-order valence-electron chi connectivity index (χ1n) is 7.87. The van der Waals surface area contributed by atoms with Crippen molar-refractivity contribution < 1.29 is 28.2 Å². The number of amides is 1. The van der Waals surface area contributed by atoms with E-state index in [1.165, 1.54) is 25.7 Å². The van der Waals surface area contributed by atoms with Crippen LogP contribution in [0.25, 0.3) is 0 Å². The van der Waals surface area contributed by atoms with Gasteiger partial charge < -0.3 is 18.6 Å². The molecular weight excluding hydrogens is 340 g/mol. The van der Waals surface area contributed by atoms with Crippen LogP contribution in [0.4, 0.5) is 0 Å². The van der Waals surface area contributed by atoms with Crippen LogP contribution in [-0.4, -0.2) is 37.9 Å². The maximum Gasteiger partial charge on any atom is 0.344 e. The zero-order valence-electron chi connectivity index (χ0n) is 14.7. The van der Waals surface area contributed by atoms with E-state index >= 15 is 0 Å². The molecule has 1 aromatic heterocycles. The Morgan fingerprint density at radius 3 is 2.73 bits per heavy atom. The molecule has 0 aliphatic rings. The third-order valence-electron chi connectivity index (χ3n) is 3.03. The largest absolute Gasteiger partial charge is 0.493 e. The average Bonchev–Trinajstić information content (AvgIpc) is 3.14. The van der Waals surface area contributed by atoms with Gasteiger partial charge in [-0.15, -0.1) is 0 Å². The molecule has 0 spiro atoms. The highest BCUT2D eigenvalue weighted by molar-refractivity contribution is 5.92. The van der Waals surface area contributed by atoms with E-state index in [0.717, 1.165) is 0 Å². The van der Waals surface area contributed by atoms with Crippen molar-refractivity contribution in [1.82, 2.24) is 5.43 Å². The third kappa shape index (κ3) is 5.66. The SMILES string of the molecule is COc1cc(/C=N\NC(=O)c2ccco2)ccc1OCC(=O)OC(C)C. The minimum absolute atomic E-state index is 0.164. The molecule has 1 heterocycles. The van der Waals surface area contributed by atoms with E-state index in [4.69, 9.17) is 18.6 Å². The van der Waals surface area contributed by atoms with Crippen LogP contribution < -0.4 is 14.9 Å². The summed E-state index contributed by atoms with van der Waals surface area (Å²) in [6.45, 7) is 3.30. The molecular formula is C18H20N2O6. The molecule has 1 aromatic carbocycles. The minimum atomic E-state index is -0.465. The predicted octanol–water partition coefficient (Wildman–Crippen LogP) is 2.38. The van der Waals surface area contributed by atoms with Crippen molar-refractivity contribution in [2.45, 2.75) is 20.0 Å². The van der Waals surface area contributed by atoms with Crippen molar-refractivity contribution in [3.63, 3.8) is 0 Å². The number of methoxy groups -OCH3 is 1. The monoisotopic (exact) mass is 360 g/mol. The van der Waals surface area contributed by atoms with Gasteiger partial charge in [-0.05, 0) is 49.7 Å². The molecule has 2 aromatic rings. The number of furan rings is 1. The zero-order valence-corrected chi connectivity index (χ0v) is 14.7. The normalized spacial score (nSPS) is 10.8. The Bertz CT molecular complexity index is 768. The van der Waals surface area contributed by atoms with Crippen molar-refractivity contribution in [3.8, 4) is 11.5 Å². The molecule has 26 heavy (non-hydrogen) atoms. The molecule has 0 radical (unpaired) electrons. The number of hydrogen-bond donors (Lipinski definition) is 1. The lowest BCUT2D eigenvalue weighted by molar-refractivity contribution is -0.149. The Morgan fingerprint density at radius 2 is 2.08 bits per heavy atom. The van der Waals surface area contributed by atoms with Crippen LogP contribution in [0.3, 0.4) is 0 Å². The number of nitrogens with one attached hydrogen (secondary N) is 1. The highest BCUT2D eigenvalue weighted by atomic mass is 16.6. The topological polar surface area (TPSA) is 99.4 Å². The van der Waals surface area contributed by atoms with Crippen molar-refractivity contribution in [3.05, 3.63) is 47.9 Å². The molecule has 138 valence electrons. The summed E-state index contributed by atoms with van der Waals surface area (Å²) in [6.07, 6.45) is 2.64. The molecule has 2 rings (SSSR count). The number of esters is 1. The standard InChI is InChI=1S/C18H20N2O6/c1-12(2)26-17(21)11-25-14-7-6-13(9-16(14)23-3)10-19-20-18(22)15-5-4-8-24-15/h4-10,12H,11H2,1-3H3,(H,20,22)/b19-10-. The van der Waals surface area contributed by atoms with Crippen LogP contribution in [-0.2, 0) is 9.53 Å². The van der Waals surface area contributed by atoms with E-state index in [1.807, 2.05) is 0 Å². The Hall–Kier alpha value is -3.29. The van der Waals surface area contributed by atoms with Gasteiger partial charge in [-0.3, -0.25) is 4.79 Å². The molecule has 0 bridgehead atoms. The quantitative estimate of drug-likeness (QED) is 0.441. The fourth-order valence-electron chi connectivity index (χ4n) is 1.95. The van der Waals surface area contributed by atoms with Gasteiger partial charge in [-0.25, -0.2) is 10.2 Å². The number of rotatable bonds is 8. The summed E-state index contributed by atoms with van der Waals surface area (Å²) in [4.78, 5) is 23.2. The summed E-state index contributed by atoms with van der Waals surface area (Å²) < 4.78 is 20.6. The van der Waals surface area contributed by atoms with Gasteiger partial charge in [-0.1, -0.05) is 0 Å². The lowest BCUT2D eigenvalue weighted by atomic mass is 10.2. The Kier molecular flexibility index (Phi) is 6.78. The van der Waals surface area contributed by atoms with E-state index in [0.29, 0.717) is 17.1 Å². The van der Waals surface area contributed by atoms with Crippen molar-refractivity contribution >= 4 is 18.1 Å². The van der Waals surface area contributed by atoms with Gasteiger partial charge in [0.25, 0.3) is 0 Å². The smallest absolute Gasteiger partial charge is 0.344 e. The molecule has 0 atom stereocenters. The Balaban J connectivity index is 1.95. The van der Waals surface area contributed by atoms with E-state index < -0.39 is 11.9 Å². The molecule has 8 heteroatoms. The number of hydrogen-bond acceptors (Lipinski definition) is 7. The van der Waals surface area contributed by atoms with Gasteiger partial charge in [0.15, 0.2) is 23.9 Å². The summed E-state index contributed by atoms with van der Waals surface area (Å²) in [5, 5.41) is 3.85. The first-order chi connectivity index (χ1) is 12.5. The van der Waals surface area contributed by atoms with Crippen LogP contribution in [0.2, 0.25) is 0 Å². The first-order valence-corrected chi connectivity index (χ1v) is 7.87. The Morgan fingerprint density at radius 1 is 1.27 bits per heavy atom. The van der Waals surface area contributed by atoms with Crippen molar-refractivity contribution in [2.75, 3.05) is 13.7 Å². The van der Waals surface area contributed by atoms with E-state index in [2.05, 4.69) is 10.5 Å².